The highest BCUT2D eigenvalue weighted by Crippen LogP contribution is 2.10. The normalized spacial score (nSPS) is 13.9. The van der Waals surface area contributed by atoms with Crippen LogP contribution in [-0.2, 0) is 9.59 Å². The van der Waals surface area contributed by atoms with Crippen molar-refractivity contribution in [1.82, 2.24) is 5.32 Å². The predicted molar refractivity (Wildman–Crippen MR) is 79.2 cm³/mol. The molecule has 1 amide bonds. The molecule has 0 aliphatic heterocycles. The molecule has 1 aromatic carbocycles. The number of rotatable bonds is 7. The Morgan fingerprint density at radius 1 is 1.30 bits per heavy atom. The first-order valence-electron chi connectivity index (χ1n) is 6.74. The molecule has 4 nitrogen and oxygen atoms in total. The molecular weight excluding hydrogens is 254 g/mol. The lowest BCUT2D eigenvalue weighted by atomic mass is 9.99. The molecule has 0 aliphatic carbocycles. The van der Waals surface area contributed by atoms with Gasteiger partial charge in [0, 0.05) is 6.42 Å². The third-order valence-corrected chi connectivity index (χ3v) is 3.24. The highest BCUT2D eigenvalue weighted by atomic mass is 16.4. The molecule has 0 spiro atoms. The number of carboxylic acid groups (broad SMARTS) is 1. The van der Waals surface area contributed by atoms with Crippen LogP contribution in [0.1, 0.15) is 38.7 Å². The van der Waals surface area contributed by atoms with Crippen molar-refractivity contribution in [3.63, 3.8) is 0 Å². The molecule has 0 radical (unpaired) electrons. The van der Waals surface area contributed by atoms with Gasteiger partial charge in [0.15, 0.2) is 0 Å². The van der Waals surface area contributed by atoms with Crippen LogP contribution >= 0.6 is 0 Å². The van der Waals surface area contributed by atoms with Gasteiger partial charge in [-0.2, -0.15) is 0 Å². The molecule has 1 rings (SSSR count). The Balaban J connectivity index is 2.41. The van der Waals surface area contributed by atoms with Gasteiger partial charge in [-0.25, -0.2) is 4.79 Å². The summed E-state index contributed by atoms with van der Waals surface area (Å²) >= 11 is 0. The number of nitrogens with one attached hydrogen (secondary N) is 1. The van der Waals surface area contributed by atoms with E-state index < -0.39 is 11.5 Å². The largest absolute Gasteiger partial charge is 0.480 e. The molecule has 108 valence electrons. The second-order valence-electron chi connectivity index (χ2n) is 4.89. The Bertz CT molecular complexity index is 482. The smallest absolute Gasteiger partial charge is 0.329 e. The van der Waals surface area contributed by atoms with E-state index in [1.165, 1.54) is 6.92 Å². The van der Waals surface area contributed by atoms with Gasteiger partial charge >= 0.3 is 5.97 Å². The molecule has 0 bridgehead atoms. The van der Waals surface area contributed by atoms with Crippen molar-refractivity contribution in [3.05, 3.63) is 42.0 Å². The summed E-state index contributed by atoms with van der Waals surface area (Å²) in [4.78, 5) is 22.8. The summed E-state index contributed by atoms with van der Waals surface area (Å²) in [6, 6.07) is 9.81. The maximum absolute atomic E-state index is 11.7. The number of hydrogen-bond acceptors (Lipinski definition) is 2. The van der Waals surface area contributed by atoms with Gasteiger partial charge < -0.3 is 10.4 Å². The Morgan fingerprint density at radius 2 is 1.95 bits per heavy atom. The van der Waals surface area contributed by atoms with Crippen LogP contribution < -0.4 is 5.32 Å². The number of carboxylic acids is 1. The maximum Gasteiger partial charge on any atom is 0.329 e. The summed E-state index contributed by atoms with van der Waals surface area (Å²) in [5, 5.41) is 11.6. The average Bonchev–Trinajstić information content (AvgIpc) is 2.44. The average molecular weight is 275 g/mol. The van der Waals surface area contributed by atoms with Gasteiger partial charge in [-0.15, -0.1) is 0 Å². The van der Waals surface area contributed by atoms with Gasteiger partial charge in [-0.05, 0) is 25.3 Å². The lowest BCUT2D eigenvalue weighted by Crippen LogP contribution is -2.51. The first kappa shape index (κ1) is 16.0. The molecule has 0 aromatic heterocycles. The number of amides is 1. The number of benzene rings is 1. The van der Waals surface area contributed by atoms with Crippen LogP contribution in [0.25, 0.3) is 6.08 Å². The van der Waals surface area contributed by atoms with Crippen LogP contribution in [0.3, 0.4) is 0 Å². The Hall–Kier alpha value is -2.10. The van der Waals surface area contributed by atoms with Gasteiger partial charge in [0.1, 0.15) is 5.54 Å². The second kappa shape index (κ2) is 7.48. The van der Waals surface area contributed by atoms with Crippen molar-refractivity contribution >= 4 is 18.0 Å². The van der Waals surface area contributed by atoms with Crippen LogP contribution in [0.4, 0.5) is 0 Å². The van der Waals surface area contributed by atoms with Crippen LogP contribution in [0, 0.1) is 0 Å². The van der Waals surface area contributed by atoms with E-state index >= 15 is 0 Å². The van der Waals surface area contributed by atoms with E-state index in [4.69, 9.17) is 5.11 Å². The van der Waals surface area contributed by atoms with Gasteiger partial charge in [0.2, 0.25) is 5.91 Å². The SMILES string of the molecule is CCC(C)(NC(=O)CC/C=C/c1ccccc1)C(=O)O. The minimum Gasteiger partial charge on any atom is -0.480 e. The first-order chi connectivity index (χ1) is 9.48. The van der Waals surface area contributed by atoms with Crippen molar-refractivity contribution in [1.29, 1.82) is 0 Å². The fourth-order valence-electron chi connectivity index (χ4n) is 1.66. The number of carbonyl (C=O) groups excluding carboxylic acids is 1. The van der Waals surface area contributed by atoms with E-state index in [1.54, 1.807) is 6.92 Å². The summed E-state index contributed by atoms with van der Waals surface area (Å²) < 4.78 is 0. The van der Waals surface area contributed by atoms with Gasteiger partial charge in [0.05, 0.1) is 0 Å². The molecule has 20 heavy (non-hydrogen) atoms. The summed E-state index contributed by atoms with van der Waals surface area (Å²) in [6.45, 7) is 3.26. The van der Waals surface area contributed by atoms with Crippen molar-refractivity contribution in [3.8, 4) is 0 Å². The Morgan fingerprint density at radius 3 is 2.50 bits per heavy atom. The molecule has 0 aliphatic rings. The molecule has 0 saturated carbocycles. The monoisotopic (exact) mass is 275 g/mol. The van der Waals surface area contributed by atoms with Crippen LogP contribution in [-0.4, -0.2) is 22.5 Å². The molecule has 1 unspecified atom stereocenters. The zero-order valence-electron chi connectivity index (χ0n) is 11.9. The van der Waals surface area contributed by atoms with Gasteiger partial charge in [-0.1, -0.05) is 49.4 Å². The summed E-state index contributed by atoms with van der Waals surface area (Å²) in [5.41, 5.74) is -0.0999. The van der Waals surface area contributed by atoms with E-state index in [0.717, 1.165) is 5.56 Å². The summed E-state index contributed by atoms with van der Waals surface area (Å²) in [5.74, 6) is -1.25. The molecular formula is C16H21NO3. The zero-order valence-corrected chi connectivity index (χ0v) is 11.9. The third kappa shape index (κ3) is 4.88. The molecule has 1 atom stereocenters. The molecule has 0 fully saturated rings. The minimum atomic E-state index is -1.18. The summed E-state index contributed by atoms with van der Waals surface area (Å²) in [7, 11) is 0. The topological polar surface area (TPSA) is 66.4 Å². The highest BCUT2D eigenvalue weighted by molar-refractivity contribution is 5.86. The zero-order chi connectivity index (χ0) is 15.0. The van der Waals surface area contributed by atoms with E-state index in [-0.39, 0.29) is 12.3 Å². The Kier molecular flexibility index (Phi) is 5.97. The van der Waals surface area contributed by atoms with E-state index in [9.17, 15) is 9.59 Å². The van der Waals surface area contributed by atoms with Crippen molar-refractivity contribution < 1.29 is 14.7 Å². The second-order valence-corrected chi connectivity index (χ2v) is 4.89. The van der Waals surface area contributed by atoms with E-state index in [0.29, 0.717) is 12.8 Å². The number of aliphatic carboxylic acids is 1. The van der Waals surface area contributed by atoms with Crippen molar-refractivity contribution in [2.45, 2.75) is 38.6 Å². The minimum absolute atomic E-state index is 0.241. The number of carbonyl (C=O) groups is 2. The molecule has 0 saturated heterocycles. The maximum atomic E-state index is 11.7. The number of hydrogen-bond donors (Lipinski definition) is 2. The summed E-state index contributed by atoms with van der Waals surface area (Å²) in [6.07, 6.45) is 5.09. The molecule has 2 N–H and O–H groups in total. The highest BCUT2D eigenvalue weighted by Gasteiger charge is 2.32. The van der Waals surface area contributed by atoms with Crippen LogP contribution in [0.5, 0.6) is 0 Å². The molecule has 0 heterocycles. The van der Waals surface area contributed by atoms with Crippen molar-refractivity contribution in [2.24, 2.45) is 0 Å². The molecule has 1 aromatic rings. The molecule has 4 heteroatoms. The van der Waals surface area contributed by atoms with Crippen LogP contribution in [0.15, 0.2) is 36.4 Å². The van der Waals surface area contributed by atoms with Crippen LogP contribution in [0.2, 0.25) is 0 Å². The fraction of sp³-hybridized carbons (Fsp3) is 0.375. The standard InChI is InChI=1S/C16H21NO3/c1-3-16(2,15(19)20)17-14(18)12-8-7-11-13-9-5-4-6-10-13/h4-7,9-11H,3,8,12H2,1-2H3,(H,17,18)(H,19,20)/b11-7+. The first-order valence-corrected chi connectivity index (χ1v) is 6.74. The van der Waals surface area contributed by atoms with Crippen molar-refractivity contribution in [2.75, 3.05) is 0 Å². The van der Waals surface area contributed by atoms with E-state index in [1.807, 2.05) is 42.5 Å². The van der Waals surface area contributed by atoms with Gasteiger partial charge in [-0.3, -0.25) is 4.79 Å². The van der Waals surface area contributed by atoms with E-state index in [2.05, 4.69) is 5.32 Å². The number of allylic oxidation sites excluding steroid dienone is 1. The predicted octanol–water partition coefficient (Wildman–Crippen LogP) is 2.85. The lowest BCUT2D eigenvalue weighted by Gasteiger charge is -2.24. The quantitative estimate of drug-likeness (QED) is 0.804. The van der Waals surface area contributed by atoms with Gasteiger partial charge in [0.25, 0.3) is 0 Å². The fourth-order valence-corrected chi connectivity index (χ4v) is 1.66. The lowest BCUT2D eigenvalue weighted by molar-refractivity contribution is -0.147. The Labute approximate surface area is 119 Å². The third-order valence-electron chi connectivity index (χ3n) is 3.24.